The standard InChI is InChI=1S/C38H43Cl2N7O5/c1-45-20-29(28-19-41-44-36(28)38(45)51)24-16-30(39)27(33(17-24)52-2)15-22-7-11-46(12-8-22)21-35(49)47-13-9-23(10-14-47)26-4-3-25(18-31(26)40)42-32-5-6-34(48)43-37(32)50/h3-4,16-20,22-23,32,42H,5-15,21H2,1-2H3,(H,41,44)(H,43,48,50). The zero-order chi connectivity index (χ0) is 36.5. The number of carbonyl (C=O) groups is 3. The Morgan fingerprint density at radius 1 is 1.00 bits per heavy atom. The predicted octanol–water partition coefficient (Wildman–Crippen LogP) is 5.12. The molecule has 5 heterocycles. The number of nitrogens with zero attached hydrogens (tertiary/aromatic N) is 4. The maximum absolute atomic E-state index is 13.3. The Kier molecular flexibility index (Phi) is 10.6. The van der Waals surface area contributed by atoms with E-state index in [1.807, 2.05) is 35.2 Å². The summed E-state index contributed by atoms with van der Waals surface area (Å²) in [7, 11) is 3.37. The van der Waals surface area contributed by atoms with Gasteiger partial charge in [0.25, 0.3) is 5.56 Å². The van der Waals surface area contributed by atoms with Crippen molar-refractivity contribution in [3.8, 4) is 16.9 Å². The zero-order valence-corrected chi connectivity index (χ0v) is 30.9. The molecule has 0 radical (unpaired) electrons. The molecule has 1 atom stereocenters. The molecule has 3 N–H and O–H groups in total. The number of benzene rings is 2. The van der Waals surface area contributed by atoms with Gasteiger partial charge in [0.2, 0.25) is 17.7 Å². The van der Waals surface area contributed by atoms with Crippen molar-refractivity contribution >= 4 is 57.5 Å². The number of piperidine rings is 3. The first-order valence-electron chi connectivity index (χ1n) is 17.9. The van der Waals surface area contributed by atoms with Gasteiger partial charge in [-0.15, -0.1) is 0 Å². The molecule has 12 nitrogen and oxygen atoms in total. The number of ether oxygens (including phenoxy) is 1. The number of anilines is 1. The lowest BCUT2D eigenvalue weighted by Crippen LogP contribution is -2.47. The van der Waals surface area contributed by atoms with Gasteiger partial charge in [-0.05, 0) is 98.8 Å². The molecule has 2 aromatic heterocycles. The van der Waals surface area contributed by atoms with Crippen molar-refractivity contribution in [1.29, 1.82) is 0 Å². The van der Waals surface area contributed by atoms with Crippen molar-refractivity contribution in [3.63, 3.8) is 0 Å². The van der Waals surface area contributed by atoms with Crippen LogP contribution in [0.25, 0.3) is 22.0 Å². The van der Waals surface area contributed by atoms with Crippen LogP contribution in [0.2, 0.25) is 10.0 Å². The lowest BCUT2D eigenvalue weighted by atomic mass is 9.88. The summed E-state index contributed by atoms with van der Waals surface area (Å²) in [5.41, 5.74) is 4.77. The second-order valence-electron chi connectivity index (χ2n) is 14.2. The second kappa shape index (κ2) is 15.3. The van der Waals surface area contributed by atoms with E-state index in [-0.39, 0.29) is 29.2 Å². The van der Waals surface area contributed by atoms with Crippen molar-refractivity contribution in [2.24, 2.45) is 13.0 Å². The van der Waals surface area contributed by atoms with Crippen LogP contribution < -0.4 is 20.9 Å². The number of imide groups is 1. The van der Waals surface area contributed by atoms with Crippen molar-refractivity contribution < 1.29 is 19.1 Å². The van der Waals surface area contributed by atoms with Gasteiger partial charge in [-0.1, -0.05) is 29.3 Å². The number of fused-ring (bicyclic) bond motifs is 1. The van der Waals surface area contributed by atoms with Crippen LogP contribution in [0.15, 0.2) is 47.5 Å². The molecule has 2 aromatic carbocycles. The lowest BCUT2D eigenvalue weighted by Gasteiger charge is -2.36. The minimum absolute atomic E-state index is 0.142. The number of hydrogen-bond donors (Lipinski definition) is 3. The highest BCUT2D eigenvalue weighted by Crippen LogP contribution is 2.38. The van der Waals surface area contributed by atoms with Gasteiger partial charge in [-0.3, -0.25) is 34.5 Å². The molecule has 14 heteroatoms. The number of nitrogens with one attached hydrogen (secondary N) is 3. The van der Waals surface area contributed by atoms with Gasteiger partial charge in [0, 0.05) is 65.0 Å². The molecule has 1 unspecified atom stereocenters. The minimum Gasteiger partial charge on any atom is -0.496 e. The Hall–Kier alpha value is -4.39. The molecule has 3 amide bonds. The molecule has 3 aliphatic rings. The monoisotopic (exact) mass is 747 g/mol. The van der Waals surface area contributed by atoms with Gasteiger partial charge < -0.3 is 19.5 Å². The first-order chi connectivity index (χ1) is 25.1. The van der Waals surface area contributed by atoms with Crippen molar-refractivity contribution in [2.75, 3.05) is 45.2 Å². The van der Waals surface area contributed by atoms with E-state index in [1.165, 1.54) is 4.57 Å². The number of pyridine rings is 1. The van der Waals surface area contributed by atoms with E-state index in [1.54, 1.807) is 26.6 Å². The summed E-state index contributed by atoms with van der Waals surface area (Å²) in [5.74, 6) is 0.983. The number of rotatable bonds is 9. The Morgan fingerprint density at radius 3 is 2.48 bits per heavy atom. The van der Waals surface area contributed by atoms with Gasteiger partial charge >= 0.3 is 0 Å². The number of halogens is 2. The van der Waals surface area contributed by atoms with E-state index in [0.29, 0.717) is 54.0 Å². The highest BCUT2D eigenvalue weighted by atomic mass is 35.5. The Morgan fingerprint density at radius 2 is 1.77 bits per heavy atom. The van der Waals surface area contributed by atoms with Gasteiger partial charge in [0.05, 0.1) is 19.9 Å². The first kappa shape index (κ1) is 36.0. The summed E-state index contributed by atoms with van der Waals surface area (Å²) in [4.78, 5) is 53.7. The van der Waals surface area contributed by atoms with Crippen molar-refractivity contribution in [1.82, 2.24) is 29.9 Å². The van der Waals surface area contributed by atoms with E-state index in [0.717, 1.165) is 84.3 Å². The second-order valence-corrected chi connectivity index (χ2v) is 15.0. The highest BCUT2D eigenvalue weighted by Gasteiger charge is 2.30. The molecule has 0 spiro atoms. The van der Waals surface area contributed by atoms with Crippen LogP contribution in [0, 0.1) is 5.92 Å². The third-order valence-electron chi connectivity index (χ3n) is 10.9. The number of amides is 3. The van der Waals surface area contributed by atoms with E-state index < -0.39 is 6.04 Å². The molecule has 0 aliphatic carbocycles. The summed E-state index contributed by atoms with van der Waals surface area (Å²) in [6, 6.07) is 9.23. The first-order valence-corrected chi connectivity index (χ1v) is 18.6. The average molecular weight is 749 g/mol. The normalized spacial score (nSPS) is 19.2. The van der Waals surface area contributed by atoms with Gasteiger partial charge in [-0.2, -0.15) is 5.10 Å². The zero-order valence-electron chi connectivity index (χ0n) is 29.3. The Balaban J connectivity index is 0.896. The molecule has 52 heavy (non-hydrogen) atoms. The molecule has 3 aliphatic heterocycles. The number of H-pyrrole nitrogens is 1. The van der Waals surface area contributed by atoms with E-state index in [9.17, 15) is 19.2 Å². The van der Waals surface area contributed by atoms with E-state index >= 15 is 0 Å². The van der Waals surface area contributed by atoms with Crippen molar-refractivity contribution in [3.05, 3.63) is 74.3 Å². The van der Waals surface area contributed by atoms with Crippen LogP contribution in [0.5, 0.6) is 5.75 Å². The molecule has 3 saturated heterocycles. The van der Waals surface area contributed by atoms with Crippen LogP contribution in [-0.2, 0) is 27.9 Å². The highest BCUT2D eigenvalue weighted by molar-refractivity contribution is 6.32. The van der Waals surface area contributed by atoms with Crippen LogP contribution in [0.1, 0.15) is 55.6 Å². The fourth-order valence-corrected chi connectivity index (χ4v) is 8.50. The molecular formula is C38H43Cl2N7O5. The summed E-state index contributed by atoms with van der Waals surface area (Å²) in [6.45, 7) is 3.48. The number of aryl methyl sites for hydroxylation is 1. The molecule has 0 saturated carbocycles. The fourth-order valence-electron chi connectivity index (χ4n) is 7.88. The van der Waals surface area contributed by atoms with Crippen LogP contribution >= 0.6 is 23.2 Å². The third kappa shape index (κ3) is 7.55. The predicted molar refractivity (Wildman–Crippen MR) is 201 cm³/mol. The summed E-state index contributed by atoms with van der Waals surface area (Å²) < 4.78 is 7.37. The number of aromatic amines is 1. The maximum Gasteiger partial charge on any atom is 0.276 e. The molecular weight excluding hydrogens is 705 g/mol. The topological polar surface area (TPSA) is 142 Å². The van der Waals surface area contributed by atoms with Crippen LogP contribution in [0.4, 0.5) is 5.69 Å². The Labute approximate surface area is 311 Å². The van der Waals surface area contributed by atoms with Gasteiger partial charge in [-0.25, -0.2) is 0 Å². The summed E-state index contributed by atoms with van der Waals surface area (Å²) in [5, 5.41) is 14.4. The number of aromatic nitrogens is 3. The lowest BCUT2D eigenvalue weighted by molar-refractivity contribution is -0.134. The summed E-state index contributed by atoms with van der Waals surface area (Å²) >= 11 is 13.6. The number of likely N-dealkylation sites (tertiary alicyclic amines) is 2. The van der Waals surface area contributed by atoms with Gasteiger partial charge in [0.1, 0.15) is 17.3 Å². The van der Waals surface area contributed by atoms with Gasteiger partial charge in [0.15, 0.2) is 0 Å². The molecule has 3 fully saturated rings. The number of hydrogen-bond acceptors (Lipinski definition) is 8. The molecule has 7 rings (SSSR count). The SMILES string of the molecule is COc1cc(-c2cn(C)c(=O)c3[nH]ncc23)cc(Cl)c1CC1CCN(CC(=O)N2CCC(c3ccc(NC4CCC(=O)NC4=O)cc3Cl)CC2)CC1. The Bertz CT molecular complexity index is 2060. The average Bonchev–Trinajstić information content (AvgIpc) is 3.63. The molecule has 0 bridgehead atoms. The fraction of sp³-hybridized carbons (Fsp3) is 0.447. The minimum atomic E-state index is -0.463. The summed E-state index contributed by atoms with van der Waals surface area (Å²) in [6.07, 6.45) is 8.58. The molecule has 4 aromatic rings. The largest absolute Gasteiger partial charge is 0.496 e. The number of carbonyl (C=O) groups excluding carboxylic acids is 3. The van der Waals surface area contributed by atoms with E-state index in [2.05, 4.69) is 25.7 Å². The maximum atomic E-state index is 13.3. The third-order valence-corrected chi connectivity index (χ3v) is 11.6. The van der Waals surface area contributed by atoms with Crippen molar-refractivity contribution in [2.45, 2.75) is 56.9 Å². The number of methoxy groups -OCH3 is 1. The quantitative estimate of drug-likeness (QED) is 0.201. The smallest absolute Gasteiger partial charge is 0.276 e. The van der Waals surface area contributed by atoms with Crippen LogP contribution in [0.3, 0.4) is 0 Å². The van der Waals surface area contributed by atoms with Crippen LogP contribution in [-0.4, -0.2) is 88.2 Å². The molecule has 274 valence electrons. The van der Waals surface area contributed by atoms with E-state index in [4.69, 9.17) is 27.9 Å².